The minimum Gasteiger partial charge on any atom is -0.356 e. The lowest BCUT2D eigenvalue weighted by Crippen LogP contribution is -2.28. The molecule has 0 radical (unpaired) electrons. The smallest absolute Gasteiger partial charge is 0.221 e. The van der Waals surface area contributed by atoms with E-state index >= 15 is 0 Å². The van der Waals surface area contributed by atoms with Crippen molar-refractivity contribution in [1.29, 1.82) is 0 Å². The highest BCUT2D eigenvalue weighted by Gasteiger charge is 2.22. The number of nitrogens with zero attached hydrogens (tertiary/aromatic N) is 3. The number of benzene rings is 1. The molecule has 1 aromatic carbocycles. The van der Waals surface area contributed by atoms with Crippen molar-refractivity contribution in [3.63, 3.8) is 0 Å². The Bertz CT molecular complexity index is 1160. The van der Waals surface area contributed by atoms with Gasteiger partial charge in [-0.15, -0.1) is 0 Å². The van der Waals surface area contributed by atoms with Crippen molar-refractivity contribution in [2.24, 2.45) is 0 Å². The second kappa shape index (κ2) is 8.86. The van der Waals surface area contributed by atoms with Crippen molar-refractivity contribution >= 4 is 11.6 Å². The summed E-state index contributed by atoms with van der Waals surface area (Å²) in [5, 5.41) is 2.96. The molecule has 5 nitrogen and oxygen atoms in total. The lowest BCUT2D eigenvalue weighted by Gasteiger charge is -2.17. The predicted octanol–water partition coefficient (Wildman–Crippen LogP) is 4.06. The Labute approximate surface area is 174 Å². The molecule has 0 spiro atoms. The third-order valence-corrected chi connectivity index (χ3v) is 5.12. The van der Waals surface area contributed by atoms with E-state index < -0.39 is 0 Å². The number of amides is 1. The molecule has 1 N–H and O–H groups in total. The fraction of sp³-hybridized carbons (Fsp3) is 0.208. The zero-order valence-corrected chi connectivity index (χ0v) is 16.8. The summed E-state index contributed by atoms with van der Waals surface area (Å²) >= 11 is 0. The number of carbonyl (C=O) groups is 1. The summed E-state index contributed by atoms with van der Waals surface area (Å²) < 4.78 is 15.9. The number of aryl methyl sites for hydroxylation is 1. The van der Waals surface area contributed by atoms with E-state index in [0.29, 0.717) is 13.0 Å². The number of hydrogen-bond donors (Lipinski definition) is 1. The van der Waals surface area contributed by atoms with Crippen LogP contribution in [0.5, 0.6) is 0 Å². The first kappa shape index (κ1) is 19.8. The lowest BCUT2D eigenvalue weighted by molar-refractivity contribution is -0.121. The monoisotopic (exact) mass is 402 g/mol. The highest BCUT2D eigenvalue weighted by atomic mass is 19.1. The fourth-order valence-corrected chi connectivity index (χ4v) is 3.61. The van der Waals surface area contributed by atoms with Crippen LogP contribution in [0.3, 0.4) is 0 Å². The summed E-state index contributed by atoms with van der Waals surface area (Å²) in [5.41, 5.74) is 4.44. The highest BCUT2D eigenvalue weighted by Crippen LogP contribution is 2.29. The van der Waals surface area contributed by atoms with Crippen LogP contribution in [-0.4, -0.2) is 26.8 Å². The van der Waals surface area contributed by atoms with Crippen molar-refractivity contribution in [1.82, 2.24) is 19.7 Å². The fourth-order valence-electron chi connectivity index (χ4n) is 3.61. The molecule has 4 rings (SSSR count). The Balaban J connectivity index is 1.55. The first-order chi connectivity index (χ1) is 14.6. The maximum Gasteiger partial charge on any atom is 0.221 e. The van der Waals surface area contributed by atoms with Crippen molar-refractivity contribution in [3.05, 3.63) is 102 Å². The van der Waals surface area contributed by atoms with Crippen molar-refractivity contribution in [2.75, 3.05) is 6.54 Å². The molecular weight excluding hydrogens is 379 g/mol. The van der Waals surface area contributed by atoms with Gasteiger partial charge in [0.2, 0.25) is 5.91 Å². The molecule has 6 heteroatoms. The number of pyridine rings is 2. The number of halogens is 1. The molecule has 30 heavy (non-hydrogen) atoms. The van der Waals surface area contributed by atoms with Crippen LogP contribution >= 0.6 is 0 Å². The van der Waals surface area contributed by atoms with Gasteiger partial charge in [-0.05, 0) is 54.4 Å². The Hall–Kier alpha value is -3.54. The molecule has 1 amide bonds. The Morgan fingerprint density at radius 2 is 2.03 bits per heavy atom. The Morgan fingerprint density at radius 3 is 2.83 bits per heavy atom. The summed E-state index contributed by atoms with van der Waals surface area (Å²) in [6.07, 6.45) is 6.31. The van der Waals surface area contributed by atoms with Gasteiger partial charge < -0.3 is 9.72 Å². The van der Waals surface area contributed by atoms with Gasteiger partial charge in [0.25, 0.3) is 0 Å². The van der Waals surface area contributed by atoms with Gasteiger partial charge in [-0.2, -0.15) is 0 Å². The standard InChI is InChI=1S/C24H23FN4O/c1-17-9-12-29-22(16-28-23(29)13-17)21(18-5-4-6-19(25)14-18)15-24(30)27-11-8-20-7-2-3-10-26-20/h2-7,9-10,12-14,16,21H,8,11,15H2,1H3,(H,27,30). The number of hydrogen-bond acceptors (Lipinski definition) is 3. The van der Waals surface area contributed by atoms with Gasteiger partial charge in [0, 0.05) is 49.6 Å². The molecule has 0 aliphatic rings. The molecule has 0 bridgehead atoms. The van der Waals surface area contributed by atoms with Gasteiger partial charge >= 0.3 is 0 Å². The number of nitrogens with one attached hydrogen (secondary N) is 1. The second-order valence-electron chi connectivity index (χ2n) is 7.35. The van der Waals surface area contributed by atoms with Crippen molar-refractivity contribution < 1.29 is 9.18 Å². The van der Waals surface area contributed by atoms with Crippen LogP contribution in [0.4, 0.5) is 4.39 Å². The predicted molar refractivity (Wildman–Crippen MR) is 114 cm³/mol. The molecule has 0 saturated carbocycles. The second-order valence-corrected chi connectivity index (χ2v) is 7.35. The van der Waals surface area contributed by atoms with E-state index in [1.54, 1.807) is 18.5 Å². The summed E-state index contributed by atoms with van der Waals surface area (Å²) in [5.74, 6) is -0.728. The van der Waals surface area contributed by atoms with E-state index in [-0.39, 0.29) is 24.1 Å². The van der Waals surface area contributed by atoms with Crippen molar-refractivity contribution in [2.45, 2.75) is 25.7 Å². The number of carbonyl (C=O) groups excluding carboxylic acids is 1. The maximum absolute atomic E-state index is 13.9. The molecule has 0 aliphatic carbocycles. The summed E-state index contributed by atoms with van der Waals surface area (Å²) in [6, 6.07) is 16.1. The van der Waals surface area contributed by atoms with E-state index in [1.807, 2.05) is 53.9 Å². The van der Waals surface area contributed by atoms with E-state index in [0.717, 1.165) is 28.2 Å². The molecule has 3 heterocycles. The van der Waals surface area contributed by atoms with Gasteiger partial charge in [-0.3, -0.25) is 9.78 Å². The van der Waals surface area contributed by atoms with E-state index in [4.69, 9.17) is 0 Å². The van der Waals surface area contributed by atoms with Gasteiger partial charge in [0.05, 0.1) is 5.69 Å². The molecule has 0 fully saturated rings. The molecule has 0 aliphatic heterocycles. The molecule has 3 aromatic heterocycles. The summed E-state index contributed by atoms with van der Waals surface area (Å²) in [4.78, 5) is 21.5. The number of aromatic nitrogens is 3. The zero-order valence-electron chi connectivity index (χ0n) is 16.8. The first-order valence-corrected chi connectivity index (χ1v) is 9.96. The highest BCUT2D eigenvalue weighted by molar-refractivity contribution is 5.77. The Morgan fingerprint density at radius 1 is 1.13 bits per heavy atom. The van der Waals surface area contributed by atoms with Crippen LogP contribution in [0.15, 0.2) is 73.2 Å². The van der Waals surface area contributed by atoms with Crippen LogP contribution in [-0.2, 0) is 11.2 Å². The van der Waals surface area contributed by atoms with Gasteiger partial charge in [-0.1, -0.05) is 18.2 Å². The van der Waals surface area contributed by atoms with E-state index in [1.165, 1.54) is 12.1 Å². The normalized spacial score (nSPS) is 12.1. The van der Waals surface area contributed by atoms with Gasteiger partial charge in [-0.25, -0.2) is 9.37 Å². The molecule has 152 valence electrons. The van der Waals surface area contributed by atoms with Gasteiger partial charge in [0.15, 0.2) is 0 Å². The summed E-state index contributed by atoms with van der Waals surface area (Å²) in [7, 11) is 0. The lowest BCUT2D eigenvalue weighted by atomic mass is 9.92. The van der Waals surface area contributed by atoms with Crippen LogP contribution in [0.25, 0.3) is 5.65 Å². The molecular formula is C24H23FN4O. The molecule has 4 aromatic rings. The molecule has 1 atom stereocenters. The number of imidazole rings is 1. The van der Waals surface area contributed by atoms with Crippen molar-refractivity contribution in [3.8, 4) is 0 Å². The number of fused-ring (bicyclic) bond motifs is 1. The van der Waals surface area contributed by atoms with Gasteiger partial charge in [0.1, 0.15) is 11.5 Å². The first-order valence-electron chi connectivity index (χ1n) is 9.96. The third kappa shape index (κ3) is 4.54. The molecule has 1 unspecified atom stereocenters. The third-order valence-electron chi connectivity index (χ3n) is 5.12. The summed E-state index contributed by atoms with van der Waals surface area (Å²) in [6.45, 7) is 2.51. The van der Waals surface area contributed by atoms with Crippen LogP contribution in [0.1, 0.15) is 34.9 Å². The van der Waals surface area contributed by atoms with E-state index in [2.05, 4.69) is 15.3 Å². The maximum atomic E-state index is 13.9. The largest absolute Gasteiger partial charge is 0.356 e. The Kier molecular flexibility index (Phi) is 5.84. The van der Waals surface area contributed by atoms with Crippen LogP contribution in [0, 0.1) is 12.7 Å². The minimum absolute atomic E-state index is 0.0951. The topological polar surface area (TPSA) is 59.3 Å². The number of rotatable bonds is 7. The van der Waals surface area contributed by atoms with Crippen LogP contribution in [0.2, 0.25) is 0 Å². The average Bonchev–Trinajstić information content (AvgIpc) is 3.15. The SMILES string of the molecule is Cc1ccn2c(C(CC(=O)NCCc3ccccn3)c3cccc(F)c3)cnc2c1. The zero-order chi connectivity index (χ0) is 20.9. The quantitative estimate of drug-likeness (QED) is 0.507. The average molecular weight is 402 g/mol. The minimum atomic E-state index is -0.322. The van der Waals surface area contributed by atoms with E-state index in [9.17, 15) is 9.18 Å². The van der Waals surface area contributed by atoms with Crippen LogP contribution < -0.4 is 5.32 Å². The molecule has 0 saturated heterocycles.